The Labute approximate surface area is 197 Å². The summed E-state index contributed by atoms with van der Waals surface area (Å²) in [6, 6.07) is 16.3. The zero-order valence-corrected chi connectivity index (χ0v) is 20.8. The van der Waals surface area contributed by atoms with Crippen molar-refractivity contribution in [2.24, 2.45) is 0 Å². The van der Waals surface area contributed by atoms with Gasteiger partial charge in [0.2, 0.25) is 17.7 Å². The van der Waals surface area contributed by atoms with E-state index in [1.807, 2.05) is 58.9 Å². The fourth-order valence-electron chi connectivity index (χ4n) is 3.41. The average molecular weight is 449 g/mol. The van der Waals surface area contributed by atoms with Crippen molar-refractivity contribution in [3.63, 3.8) is 0 Å². The number of methoxy groups -OCH3 is 1. The third-order valence-corrected chi connectivity index (χ3v) is 4.86. The van der Waals surface area contributed by atoms with Gasteiger partial charge < -0.3 is 9.15 Å². The second kappa shape index (κ2) is 14.0. The maximum atomic E-state index is 5.51. The molecule has 0 radical (unpaired) electrons. The van der Waals surface area contributed by atoms with E-state index in [2.05, 4.69) is 39.4 Å². The molecule has 0 aliphatic heterocycles. The maximum Gasteiger partial charge on any atom is 0.240 e. The van der Waals surface area contributed by atoms with Gasteiger partial charge in [-0.25, -0.2) is 9.97 Å². The second-order valence-electron chi connectivity index (χ2n) is 7.05. The van der Waals surface area contributed by atoms with E-state index < -0.39 is 0 Å². The summed E-state index contributed by atoms with van der Waals surface area (Å²) < 4.78 is 10.9. The van der Waals surface area contributed by atoms with Crippen LogP contribution in [0.2, 0.25) is 0 Å². The summed E-state index contributed by atoms with van der Waals surface area (Å²) in [6.45, 7) is 9.82. The third kappa shape index (κ3) is 7.38. The summed E-state index contributed by atoms with van der Waals surface area (Å²) in [6.07, 6.45) is 5.12. The van der Waals surface area contributed by atoms with Crippen molar-refractivity contribution in [3.8, 4) is 17.1 Å². The Hall–Kier alpha value is -3.28. The normalized spacial score (nSPS) is 10.1. The standard InChI is InChI=1S/C23H24N4O2.2C2H6/c1-16-26-27-21(29-16)14-5-3-4-9-17-10-8-11-18(15-17)22-23(28-2)25-20-13-7-6-12-19(20)24-22;2*1-2/h6-8,10-13,15H,3-5,9,14H2,1-2H3;2*1-2H3. The zero-order valence-electron chi connectivity index (χ0n) is 20.8. The minimum atomic E-state index is 0.552. The zero-order chi connectivity index (χ0) is 24.1. The number of benzene rings is 2. The van der Waals surface area contributed by atoms with Crippen LogP contribution in [0.25, 0.3) is 22.3 Å². The van der Waals surface area contributed by atoms with Crippen molar-refractivity contribution in [2.75, 3.05) is 7.11 Å². The summed E-state index contributed by atoms with van der Waals surface area (Å²) in [5.41, 5.74) is 4.79. The molecular weight excluding hydrogens is 412 g/mol. The Morgan fingerprint density at radius 2 is 1.48 bits per heavy atom. The first-order valence-electron chi connectivity index (χ1n) is 11.9. The molecular formula is C27H36N4O2. The monoisotopic (exact) mass is 448 g/mol. The van der Waals surface area contributed by atoms with Crippen LogP contribution in [-0.4, -0.2) is 27.3 Å². The maximum absolute atomic E-state index is 5.51. The molecule has 2 heterocycles. The fourth-order valence-corrected chi connectivity index (χ4v) is 3.41. The van der Waals surface area contributed by atoms with Crippen molar-refractivity contribution >= 4 is 11.0 Å². The minimum Gasteiger partial charge on any atom is -0.479 e. The van der Waals surface area contributed by atoms with E-state index in [9.17, 15) is 0 Å². The molecule has 4 rings (SSSR count). The molecule has 2 aromatic heterocycles. The van der Waals surface area contributed by atoms with Gasteiger partial charge in [0, 0.05) is 18.9 Å². The van der Waals surface area contributed by atoms with Crippen molar-refractivity contribution in [2.45, 2.75) is 66.7 Å². The Morgan fingerprint density at radius 1 is 0.788 bits per heavy atom. The highest BCUT2D eigenvalue weighted by Gasteiger charge is 2.12. The molecule has 0 amide bonds. The van der Waals surface area contributed by atoms with E-state index in [1.165, 1.54) is 5.56 Å². The van der Waals surface area contributed by atoms with Crippen LogP contribution in [0.5, 0.6) is 5.88 Å². The molecule has 4 aromatic rings. The molecule has 0 aliphatic carbocycles. The Morgan fingerprint density at radius 3 is 2.15 bits per heavy atom. The third-order valence-electron chi connectivity index (χ3n) is 4.86. The van der Waals surface area contributed by atoms with Gasteiger partial charge in [0.15, 0.2) is 0 Å². The van der Waals surface area contributed by atoms with E-state index in [-0.39, 0.29) is 0 Å². The van der Waals surface area contributed by atoms with Crippen LogP contribution in [-0.2, 0) is 12.8 Å². The van der Waals surface area contributed by atoms with E-state index in [0.717, 1.165) is 60.3 Å². The number of para-hydroxylation sites is 2. The lowest BCUT2D eigenvalue weighted by atomic mass is 10.0. The molecule has 6 heteroatoms. The van der Waals surface area contributed by atoms with E-state index in [1.54, 1.807) is 7.11 Å². The van der Waals surface area contributed by atoms with Crippen LogP contribution < -0.4 is 4.74 Å². The number of fused-ring (bicyclic) bond motifs is 1. The molecule has 0 saturated heterocycles. The molecule has 0 N–H and O–H groups in total. The average Bonchev–Trinajstić information content (AvgIpc) is 3.30. The molecule has 33 heavy (non-hydrogen) atoms. The van der Waals surface area contributed by atoms with Crippen molar-refractivity contribution in [1.29, 1.82) is 0 Å². The predicted molar refractivity (Wildman–Crippen MR) is 135 cm³/mol. The number of unbranched alkanes of at least 4 members (excludes halogenated alkanes) is 2. The number of hydrogen-bond acceptors (Lipinski definition) is 6. The first kappa shape index (κ1) is 26.0. The highest BCUT2D eigenvalue weighted by molar-refractivity contribution is 5.79. The van der Waals surface area contributed by atoms with Crippen molar-refractivity contribution in [3.05, 3.63) is 65.9 Å². The smallest absolute Gasteiger partial charge is 0.240 e. The van der Waals surface area contributed by atoms with Crippen LogP contribution in [0.15, 0.2) is 52.9 Å². The van der Waals surface area contributed by atoms with Gasteiger partial charge in [0.25, 0.3) is 0 Å². The van der Waals surface area contributed by atoms with Crippen LogP contribution in [0.3, 0.4) is 0 Å². The molecule has 0 bridgehead atoms. The lowest BCUT2D eigenvalue weighted by Crippen LogP contribution is -1.97. The fraction of sp³-hybridized carbons (Fsp3) is 0.407. The quantitative estimate of drug-likeness (QED) is 0.270. The Kier molecular flexibility index (Phi) is 11.0. The molecule has 0 fully saturated rings. The largest absolute Gasteiger partial charge is 0.479 e. The van der Waals surface area contributed by atoms with Gasteiger partial charge in [-0.2, -0.15) is 0 Å². The SMILES string of the molecule is CC.CC.COc1nc2ccccc2nc1-c1cccc(CCCCCc2nnc(C)o2)c1. The van der Waals surface area contributed by atoms with E-state index in [0.29, 0.717) is 11.8 Å². The highest BCUT2D eigenvalue weighted by atomic mass is 16.5. The molecule has 0 spiro atoms. The first-order chi connectivity index (χ1) is 16.2. The summed E-state index contributed by atoms with van der Waals surface area (Å²) in [4.78, 5) is 9.40. The topological polar surface area (TPSA) is 73.9 Å². The number of rotatable bonds is 8. The van der Waals surface area contributed by atoms with Crippen molar-refractivity contribution in [1.82, 2.24) is 20.2 Å². The molecule has 0 saturated carbocycles. The lowest BCUT2D eigenvalue weighted by Gasteiger charge is -2.10. The molecule has 2 aromatic carbocycles. The molecule has 6 nitrogen and oxygen atoms in total. The van der Waals surface area contributed by atoms with Crippen molar-refractivity contribution < 1.29 is 9.15 Å². The Bertz CT molecular complexity index is 1110. The summed E-state index contributed by atoms with van der Waals surface area (Å²) >= 11 is 0. The van der Waals surface area contributed by atoms with Crippen LogP contribution in [0.4, 0.5) is 0 Å². The number of hydrogen-bond donors (Lipinski definition) is 0. The number of aryl methyl sites for hydroxylation is 3. The van der Waals surface area contributed by atoms with Gasteiger partial charge in [-0.3, -0.25) is 0 Å². The highest BCUT2D eigenvalue weighted by Crippen LogP contribution is 2.29. The Balaban J connectivity index is 0.000000914. The van der Waals surface area contributed by atoms with Gasteiger partial charge in [0.05, 0.1) is 18.1 Å². The first-order valence-corrected chi connectivity index (χ1v) is 11.9. The molecule has 0 unspecified atom stereocenters. The van der Waals surface area contributed by atoms with Crippen LogP contribution in [0.1, 0.15) is 64.3 Å². The minimum absolute atomic E-state index is 0.552. The summed E-state index contributed by atoms with van der Waals surface area (Å²) in [5, 5.41) is 7.91. The number of ether oxygens (including phenoxy) is 1. The van der Waals surface area contributed by atoms with Gasteiger partial charge in [-0.15, -0.1) is 10.2 Å². The summed E-state index contributed by atoms with van der Waals surface area (Å²) in [7, 11) is 1.64. The number of nitrogens with zero attached hydrogens (tertiary/aromatic N) is 4. The van der Waals surface area contributed by atoms with E-state index in [4.69, 9.17) is 14.1 Å². The lowest BCUT2D eigenvalue weighted by molar-refractivity contribution is 0.400. The van der Waals surface area contributed by atoms with Crippen LogP contribution in [0, 0.1) is 6.92 Å². The van der Waals surface area contributed by atoms with Gasteiger partial charge in [0.1, 0.15) is 5.69 Å². The van der Waals surface area contributed by atoms with Gasteiger partial charge in [-0.05, 0) is 43.0 Å². The van der Waals surface area contributed by atoms with Gasteiger partial charge in [-0.1, -0.05) is 64.4 Å². The second-order valence-corrected chi connectivity index (χ2v) is 7.05. The molecule has 0 atom stereocenters. The number of aromatic nitrogens is 4. The van der Waals surface area contributed by atoms with E-state index >= 15 is 0 Å². The predicted octanol–water partition coefficient (Wildman–Crippen LogP) is 7.00. The molecule has 176 valence electrons. The van der Waals surface area contributed by atoms with Gasteiger partial charge >= 0.3 is 0 Å². The molecule has 0 aliphatic rings. The summed E-state index contributed by atoms with van der Waals surface area (Å²) in [5.74, 6) is 1.91. The van der Waals surface area contributed by atoms with Crippen LogP contribution >= 0.6 is 0 Å².